The van der Waals surface area contributed by atoms with E-state index in [-0.39, 0.29) is 33.6 Å². The van der Waals surface area contributed by atoms with Crippen molar-refractivity contribution < 1.29 is 25.9 Å². The molecule has 0 radical (unpaired) electrons. The molecular weight excluding hydrogens is 490 g/mol. The van der Waals surface area contributed by atoms with Gasteiger partial charge in [0.15, 0.2) is 5.13 Å². The average molecular weight is 504 g/mol. The van der Waals surface area contributed by atoms with Crippen LogP contribution in [0.2, 0.25) is 5.02 Å². The van der Waals surface area contributed by atoms with Crippen molar-refractivity contribution in [2.75, 3.05) is 11.3 Å². The van der Waals surface area contributed by atoms with Gasteiger partial charge in [0.25, 0.3) is 25.8 Å². The van der Waals surface area contributed by atoms with Crippen molar-refractivity contribution in [1.82, 2.24) is 4.98 Å². The van der Waals surface area contributed by atoms with Gasteiger partial charge in [0, 0.05) is 29.0 Å². The number of sulfonamides is 1. The molecule has 0 spiro atoms. The molecule has 0 atom stereocenters. The fraction of sp³-hybridized carbons (Fsp3) is 0.118. The van der Waals surface area contributed by atoms with Gasteiger partial charge in [-0.3, -0.25) is 19.0 Å². The van der Waals surface area contributed by atoms with E-state index in [2.05, 4.69) is 9.71 Å². The largest absolute Gasteiger partial charge is 0.296 e. The van der Waals surface area contributed by atoms with E-state index in [4.69, 9.17) is 15.8 Å². The van der Waals surface area contributed by atoms with E-state index in [0.29, 0.717) is 10.7 Å². The topological polar surface area (TPSA) is 146 Å². The lowest BCUT2D eigenvalue weighted by atomic mass is 10.3. The highest BCUT2D eigenvalue weighted by Crippen LogP contribution is 2.22. The van der Waals surface area contributed by atoms with E-state index in [9.17, 15) is 26.9 Å². The number of aromatic nitrogens is 1. The summed E-state index contributed by atoms with van der Waals surface area (Å²) in [6.45, 7) is -0.244. The van der Waals surface area contributed by atoms with E-state index in [1.54, 1.807) is 5.38 Å². The van der Waals surface area contributed by atoms with Crippen molar-refractivity contribution in [1.29, 1.82) is 0 Å². The van der Waals surface area contributed by atoms with E-state index < -0.39 is 25.1 Å². The maximum atomic E-state index is 12.4. The molecule has 0 aliphatic rings. The van der Waals surface area contributed by atoms with Crippen LogP contribution >= 0.6 is 22.9 Å². The number of nitro benzene ring substituents is 1. The molecule has 0 fully saturated rings. The molecule has 31 heavy (non-hydrogen) atoms. The Kier molecular flexibility index (Phi) is 6.91. The Bertz CT molecular complexity index is 1290. The van der Waals surface area contributed by atoms with E-state index >= 15 is 0 Å². The summed E-state index contributed by atoms with van der Waals surface area (Å²) in [5.41, 5.74) is 0.188. The molecule has 1 heterocycles. The molecule has 164 valence electrons. The highest BCUT2D eigenvalue weighted by molar-refractivity contribution is 7.93. The molecule has 0 unspecified atom stereocenters. The molecule has 0 aliphatic heterocycles. The van der Waals surface area contributed by atoms with Crippen LogP contribution in [0.25, 0.3) is 0 Å². The van der Waals surface area contributed by atoms with Crippen molar-refractivity contribution in [3.05, 3.63) is 74.7 Å². The molecule has 0 saturated carbocycles. The Labute approximate surface area is 186 Å². The van der Waals surface area contributed by atoms with Crippen molar-refractivity contribution in [2.45, 2.75) is 16.2 Å². The first kappa shape index (κ1) is 23.1. The predicted molar refractivity (Wildman–Crippen MR) is 114 cm³/mol. The molecule has 3 rings (SSSR count). The normalized spacial score (nSPS) is 11.9. The Hall–Kier alpha value is -2.58. The van der Waals surface area contributed by atoms with E-state index in [1.165, 1.54) is 24.3 Å². The molecule has 0 amide bonds. The third kappa shape index (κ3) is 5.98. The fourth-order valence-corrected chi connectivity index (χ4v) is 5.35. The van der Waals surface area contributed by atoms with Crippen LogP contribution in [-0.2, 0) is 30.7 Å². The lowest BCUT2D eigenvalue weighted by molar-refractivity contribution is -0.384. The van der Waals surface area contributed by atoms with Gasteiger partial charge in [0.2, 0.25) is 0 Å². The van der Waals surface area contributed by atoms with Crippen LogP contribution in [0, 0.1) is 10.1 Å². The summed E-state index contributed by atoms with van der Waals surface area (Å²) < 4.78 is 56.3. The van der Waals surface area contributed by atoms with Gasteiger partial charge in [-0.2, -0.15) is 8.42 Å². The van der Waals surface area contributed by atoms with Gasteiger partial charge in [-0.05, 0) is 36.4 Å². The fourth-order valence-electron chi connectivity index (χ4n) is 2.31. The van der Waals surface area contributed by atoms with Crippen LogP contribution in [0.3, 0.4) is 0 Å². The van der Waals surface area contributed by atoms with E-state index in [0.717, 1.165) is 35.6 Å². The average Bonchev–Trinajstić information content (AvgIpc) is 3.14. The van der Waals surface area contributed by atoms with Crippen LogP contribution in [0.15, 0.2) is 63.7 Å². The first-order valence-corrected chi connectivity index (χ1v) is 12.6. The van der Waals surface area contributed by atoms with Crippen molar-refractivity contribution >= 4 is 53.9 Å². The number of hydrogen-bond acceptors (Lipinski definition) is 9. The number of halogens is 1. The molecule has 14 heteroatoms. The van der Waals surface area contributed by atoms with Crippen LogP contribution in [0.5, 0.6) is 0 Å². The van der Waals surface area contributed by atoms with Crippen LogP contribution in [0.1, 0.15) is 5.69 Å². The standard InChI is InChI=1S/C17H14ClN3O7S3/c18-12-1-5-15(6-2-12)30(24,25)20-17-19-13(11-29-17)9-10-28-31(26,27)16-7-3-14(4-8-16)21(22)23/h1-8,11H,9-10H2,(H,19,20). The highest BCUT2D eigenvalue weighted by Gasteiger charge is 2.18. The van der Waals surface area contributed by atoms with Gasteiger partial charge in [-0.15, -0.1) is 11.3 Å². The highest BCUT2D eigenvalue weighted by atomic mass is 35.5. The summed E-state index contributed by atoms with van der Waals surface area (Å²) in [6.07, 6.45) is 0.103. The maximum absolute atomic E-state index is 12.4. The molecule has 1 N–H and O–H groups in total. The summed E-state index contributed by atoms with van der Waals surface area (Å²) in [6, 6.07) is 9.91. The third-order valence-electron chi connectivity index (χ3n) is 3.83. The van der Waals surface area contributed by atoms with Crippen molar-refractivity contribution in [3.8, 4) is 0 Å². The monoisotopic (exact) mass is 503 g/mol. The van der Waals surface area contributed by atoms with Crippen LogP contribution in [-0.4, -0.2) is 33.3 Å². The number of benzene rings is 2. The van der Waals surface area contributed by atoms with Crippen molar-refractivity contribution in [2.24, 2.45) is 0 Å². The Morgan fingerprint density at radius 1 is 1.03 bits per heavy atom. The molecule has 1 aromatic heterocycles. The summed E-state index contributed by atoms with van der Waals surface area (Å²) in [4.78, 5) is 13.9. The second-order valence-electron chi connectivity index (χ2n) is 5.98. The first-order chi connectivity index (χ1) is 14.6. The van der Waals surface area contributed by atoms with Gasteiger partial charge >= 0.3 is 0 Å². The Morgan fingerprint density at radius 2 is 1.65 bits per heavy atom. The number of non-ortho nitro benzene ring substituents is 1. The minimum absolute atomic E-state index is 0.0196. The van der Waals surface area contributed by atoms with Gasteiger partial charge in [0.05, 0.1) is 27.0 Å². The van der Waals surface area contributed by atoms with Gasteiger partial charge < -0.3 is 0 Å². The second kappa shape index (κ2) is 9.28. The summed E-state index contributed by atoms with van der Waals surface area (Å²) in [5.74, 6) is 0. The molecule has 3 aromatic rings. The van der Waals surface area contributed by atoms with E-state index in [1.807, 2.05) is 0 Å². The molecule has 0 bridgehead atoms. The number of nitrogens with zero attached hydrogens (tertiary/aromatic N) is 2. The first-order valence-electron chi connectivity index (χ1n) is 8.43. The molecule has 2 aromatic carbocycles. The minimum atomic E-state index is -4.10. The summed E-state index contributed by atoms with van der Waals surface area (Å²) in [5, 5.41) is 12.7. The lowest BCUT2D eigenvalue weighted by Crippen LogP contribution is -2.13. The summed E-state index contributed by atoms with van der Waals surface area (Å²) in [7, 11) is -7.95. The Balaban J connectivity index is 1.58. The third-order valence-corrected chi connectivity index (χ3v) is 7.70. The molecule has 0 saturated heterocycles. The zero-order valence-electron chi connectivity index (χ0n) is 15.5. The number of anilines is 1. The smallest absolute Gasteiger partial charge is 0.266 e. The van der Waals surface area contributed by atoms with Gasteiger partial charge in [-0.1, -0.05) is 11.6 Å². The Morgan fingerprint density at radius 3 is 2.26 bits per heavy atom. The van der Waals surface area contributed by atoms with Gasteiger partial charge in [0.1, 0.15) is 0 Å². The molecule has 0 aliphatic carbocycles. The quantitative estimate of drug-likeness (QED) is 0.265. The number of thiazole rings is 1. The minimum Gasteiger partial charge on any atom is -0.266 e. The molecule has 10 nitrogen and oxygen atoms in total. The van der Waals surface area contributed by atoms with Crippen LogP contribution < -0.4 is 4.72 Å². The lowest BCUT2D eigenvalue weighted by Gasteiger charge is -2.05. The number of nitrogens with one attached hydrogen (secondary N) is 1. The molecular formula is C17H14ClN3O7S3. The predicted octanol–water partition coefficient (Wildman–Crippen LogP) is 3.45. The zero-order valence-corrected chi connectivity index (χ0v) is 18.7. The van der Waals surface area contributed by atoms with Crippen molar-refractivity contribution in [3.63, 3.8) is 0 Å². The van der Waals surface area contributed by atoms with Crippen LogP contribution in [0.4, 0.5) is 10.8 Å². The summed E-state index contributed by atoms with van der Waals surface area (Å²) >= 11 is 6.79. The zero-order chi connectivity index (χ0) is 22.6. The number of nitro groups is 1. The van der Waals surface area contributed by atoms with Gasteiger partial charge in [-0.25, -0.2) is 13.4 Å². The maximum Gasteiger partial charge on any atom is 0.296 e. The SMILES string of the molecule is O=[N+]([O-])c1ccc(S(=O)(=O)OCCc2csc(NS(=O)(=O)c3ccc(Cl)cc3)n2)cc1. The number of hydrogen-bond donors (Lipinski definition) is 1. The number of rotatable bonds is 9. The second-order valence-corrected chi connectivity index (χ2v) is 10.6.